The molecule has 0 aliphatic rings. The fraction of sp³-hybridized carbons (Fsp3) is 0.533. The summed E-state index contributed by atoms with van der Waals surface area (Å²) >= 11 is 0. The summed E-state index contributed by atoms with van der Waals surface area (Å²) in [4.78, 5) is 12.1. The highest BCUT2D eigenvalue weighted by Crippen LogP contribution is 2.30. The largest absolute Gasteiger partial charge is 0.294 e. The van der Waals surface area contributed by atoms with Gasteiger partial charge >= 0.3 is 0 Å². The average molecular weight is 218 g/mol. The lowest BCUT2D eigenvalue weighted by atomic mass is 9.78. The summed E-state index contributed by atoms with van der Waals surface area (Å²) in [5.74, 6) is 0.311. The van der Waals surface area contributed by atoms with Gasteiger partial charge in [0.2, 0.25) is 0 Å². The molecular formula is C15H22O. The molecular weight excluding hydrogens is 196 g/mol. The van der Waals surface area contributed by atoms with E-state index in [1.165, 1.54) is 5.56 Å². The molecule has 0 amide bonds. The quantitative estimate of drug-likeness (QED) is 0.692. The molecule has 1 aromatic rings. The fourth-order valence-corrected chi connectivity index (χ4v) is 1.79. The van der Waals surface area contributed by atoms with Crippen LogP contribution in [0, 0.1) is 5.92 Å². The molecule has 0 saturated heterocycles. The molecule has 16 heavy (non-hydrogen) atoms. The first-order chi connectivity index (χ1) is 7.40. The van der Waals surface area contributed by atoms with Gasteiger partial charge in [-0.1, -0.05) is 58.9 Å². The molecule has 0 N–H and O–H groups in total. The Hall–Kier alpha value is -1.11. The van der Waals surface area contributed by atoms with Gasteiger partial charge in [-0.05, 0) is 17.4 Å². The van der Waals surface area contributed by atoms with E-state index >= 15 is 0 Å². The van der Waals surface area contributed by atoms with Crippen molar-refractivity contribution >= 4 is 5.78 Å². The number of carbonyl (C=O) groups excluding carboxylic acids is 1. The summed E-state index contributed by atoms with van der Waals surface area (Å²) in [5.41, 5.74) is 2.14. The van der Waals surface area contributed by atoms with Crippen LogP contribution in [0.1, 0.15) is 57.0 Å². The fourth-order valence-electron chi connectivity index (χ4n) is 1.79. The topological polar surface area (TPSA) is 17.1 Å². The maximum Gasteiger partial charge on any atom is 0.165 e. The summed E-state index contributed by atoms with van der Waals surface area (Å²) in [5, 5.41) is 0. The third-order valence-corrected chi connectivity index (χ3v) is 3.33. The van der Waals surface area contributed by atoms with Crippen LogP contribution < -0.4 is 0 Å². The van der Waals surface area contributed by atoms with Crippen LogP contribution in [0.5, 0.6) is 0 Å². The molecule has 0 aliphatic heterocycles. The molecule has 0 radical (unpaired) electrons. The SMILES string of the molecule is CCC(C)(C)c1ccccc1C(=O)C(C)C. The summed E-state index contributed by atoms with van der Waals surface area (Å²) in [6.07, 6.45) is 1.04. The van der Waals surface area contributed by atoms with Crippen molar-refractivity contribution < 1.29 is 4.79 Å². The maximum absolute atomic E-state index is 12.1. The van der Waals surface area contributed by atoms with E-state index < -0.39 is 0 Å². The van der Waals surface area contributed by atoms with Gasteiger partial charge in [-0.25, -0.2) is 0 Å². The predicted molar refractivity (Wildman–Crippen MR) is 68.9 cm³/mol. The molecule has 0 bridgehead atoms. The minimum atomic E-state index is 0.0637. The van der Waals surface area contributed by atoms with Crippen LogP contribution in [0.15, 0.2) is 24.3 Å². The van der Waals surface area contributed by atoms with Crippen LogP contribution >= 0.6 is 0 Å². The molecule has 0 unspecified atom stereocenters. The smallest absolute Gasteiger partial charge is 0.165 e. The van der Waals surface area contributed by atoms with Gasteiger partial charge in [0.1, 0.15) is 0 Å². The third-order valence-electron chi connectivity index (χ3n) is 3.33. The van der Waals surface area contributed by atoms with Crippen LogP contribution in [-0.4, -0.2) is 5.78 Å². The molecule has 0 aliphatic carbocycles. The monoisotopic (exact) mass is 218 g/mol. The summed E-state index contributed by atoms with van der Waals surface area (Å²) in [7, 11) is 0. The lowest BCUT2D eigenvalue weighted by molar-refractivity contribution is 0.0937. The van der Waals surface area contributed by atoms with Crippen molar-refractivity contribution in [3.05, 3.63) is 35.4 Å². The Morgan fingerprint density at radius 3 is 2.31 bits per heavy atom. The Morgan fingerprint density at radius 1 is 1.25 bits per heavy atom. The second-order valence-corrected chi connectivity index (χ2v) is 5.30. The van der Waals surface area contributed by atoms with Crippen molar-refractivity contribution in [1.82, 2.24) is 0 Å². The summed E-state index contributed by atoms with van der Waals surface area (Å²) in [6, 6.07) is 8.00. The van der Waals surface area contributed by atoms with Crippen molar-refractivity contribution in [1.29, 1.82) is 0 Å². The number of carbonyl (C=O) groups is 1. The number of hydrogen-bond donors (Lipinski definition) is 0. The number of rotatable bonds is 4. The van der Waals surface area contributed by atoms with E-state index in [-0.39, 0.29) is 17.1 Å². The number of benzene rings is 1. The molecule has 1 aromatic carbocycles. The Morgan fingerprint density at radius 2 is 1.81 bits per heavy atom. The molecule has 0 saturated carbocycles. The molecule has 0 fully saturated rings. The lowest BCUT2D eigenvalue weighted by Gasteiger charge is -2.26. The summed E-state index contributed by atoms with van der Waals surface area (Å²) in [6.45, 7) is 10.5. The minimum Gasteiger partial charge on any atom is -0.294 e. The van der Waals surface area contributed by atoms with Gasteiger partial charge in [0.15, 0.2) is 5.78 Å². The number of hydrogen-bond acceptors (Lipinski definition) is 1. The van der Waals surface area contributed by atoms with E-state index in [1.54, 1.807) is 0 Å². The third kappa shape index (κ3) is 2.52. The zero-order valence-electron chi connectivity index (χ0n) is 11.0. The van der Waals surface area contributed by atoms with Gasteiger partial charge in [-0.15, -0.1) is 0 Å². The summed E-state index contributed by atoms with van der Waals surface area (Å²) < 4.78 is 0. The van der Waals surface area contributed by atoms with Crippen molar-refractivity contribution in [2.45, 2.75) is 46.5 Å². The Balaban J connectivity index is 3.26. The molecule has 0 heterocycles. The second kappa shape index (κ2) is 4.82. The average Bonchev–Trinajstić information content (AvgIpc) is 2.28. The zero-order chi connectivity index (χ0) is 12.3. The molecule has 0 spiro atoms. The highest BCUT2D eigenvalue weighted by Gasteiger charge is 2.24. The first kappa shape index (κ1) is 13.0. The van der Waals surface area contributed by atoms with Crippen LogP contribution in [0.3, 0.4) is 0 Å². The number of Topliss-reactive ketones (excluding diaryl/α,β-unsaturated/α-hetero) is 1. The molecule has 88 valence electrons. The van der Waals surface area contributed by atoms with Crippen molar-refractivity contribution in [2.75, 3.05) is 0 Å². The number of ketones is 1. The molecule has 1 nitrogen and oxygen atoms in total. The van der Waals surface area contributed by atoms with E-state index in [9.17, 15) is 4.79 Å². The Kier molecular flexibility index (Phi) is 3.90. The van der Waals surface area contributed by atoms with Gasteiger partial charge in [-0.3, -0.25) is 4.79 Å². The Labute approximate surface area is 98.9 Å². The van der Waals surface area contributed by atoms with Gasteiger partial charge in [0, 0.05) is 11.5 Å². The predicted octanol–water partition coefficient (Wildman–Crippen LogP) is 4.21. The van der Waals surface area contributed by atoms with E-state index in [0.717, 1.165) is 12.0 Å². The van der Waals surface area contributed by atoms with Crippen LogP contribution in [0.25, 0.3) is 0 Å². The van der Waals surface area contributed by atoms with Crippen molar-refractivity contribution in [3.8, 4) is 0 Å². The van der Waals surface area contributed by atoms with E-state index in [0.29, 0.717) is 0 Å². The van der Waals surface area contributed by atoms with Gasteiger partial charge in [0.25, 0.3) is 0 Å². The van der Waals surface area contributed by atoms with Gasteiger partial charge in [-0.2, -0.15) is 0 Å². The van der Waals surface area contributed by atoms with E-state index in [4.69, 9.17) is 0 Å². The van der Waals surface area contributed by atoms with Gasteiger partial charge in [0.05, 0.1) is 0 Å². The zero-order valence-corrected chi connectivity index (χ0v) is 11.0. The highest BCUT2D eigenvalue weighted by atomic mass is 16.1. The molecule has 1 heteroatoms. The van der Waals surface area contributed by atoms with Crippen LogP contribution in [0.4, 0.5) is 0 Å². The highest BCUT2D eigenvalue weighted by molar-refractivity contribution is 5.99. The van der Waals surface area contributed by atoms with E-state index in [1.807, 2.05) is 32.0 Å². The molecule has 0 atom stereocenters. The van der Waals surface area contributed by atoms with Crippen molar-refractivity contribution in [2.24, 2.45) is 5.92 Å². The first-order valence-corrected chi connectivity index (χ1v) is 6.04. The maximum atomic E-state index is 12.1. The van der Waals surface area contributed by atoms with Gasteiger partial charge < -0.3 is 0 Å². The Bertz CT molecular complexity index is 375. The van der Waals surface area contributed by atoms with E-state index in [2.05, 4.69) is 26.8 Å². The lowest BCUT2D eigenvalue weighted by Crippen LogP contribution is -2.21. The molecule has 0 aromatic heterocycles. The minimum absolute atomic E-state index is 0.0637. The van der Waals surface area contributed by atoms with Crippen LogP contribution in [-0.2, 0) is 5.41 Å². The molecule has 1 rings (SSSR count). The standard InChI is InChI=1S/C15H22O/c1-6-15(4,5)13-10-8-7-9-12(13)14(16)11(2)3/h7-11H,6H2,1-5H3. The second-order valence-electron chi connectivity index (χ2n) is 5.30. The van der Waals surface area contributed by atoms with Crippen molar-refractivity contribution in [3.63, 3.8) is 0 Å². The van der Waals surface area contributed by atoms with Crippen LogP contribution in [0.2, 0.25) is 0 Å². The first-order valence-electron chi connectivity index (χ1n) is 6.04. The normalized spacial score (nSPS) is 11.9.